The molecule has 0 heterocycles. The van der Waals surface area contributed by atoms with Gasteiger partial charge in [0.25, 0.3) is 0 Å². The van der Waals surface area contributed by atoms with Crippen molar-refractivity contribution in [3.8, 4) is 12.3 Å². The van der Waals surface area contributed by atoms with Crippen LogP contribution in [0.1, 0.15) is 19.8 Å². The van der Waals surface area contributed by atoms with Gasteiger partial charge in [-0.1, -0.05) is 0 Å². The van der Waals surface area contributed by atoms with Crippen molar-refractivity contribution in [2.45, 2.75) is 25.8 Å². The lowest BCUT2D eigenvalue weighted by Gasteiger charge is -1.96. The topological polar surface area (TPSA) is 26.0 Å². The lowest BCUT2D eigenvalue weighted by atomic mass is 10.2. The number of hydrogen-bond acceptors (Lipinski definition) is 1. The average Bonchev–Trinajstić information content (AvgIpc) is 1.61. The van der Waals surface area contributed by atoms with Crippen molar-refractivity contribution < 1.29 is 0 Å². The van der Waals surface area contributed by atoms with Crippen molar-refractivity contribution in [2.24, 2.45) is 5.73 Å². The summed E-state index contributed by atoms with van der Waals surface area (Å²) in [5.74, 6) is 2.52. The molecule has 0 fully saturated rings. The molecule has 0 saturated heterocycles. The van der Waals surface area contributed by atoms with Gasteiger partial charge in [-0.05, 0) is 13.3 Å². The van der Waals surface area contributed by atoms with Crippen LogP contribution in [0.25, 0.3) is 0 Å². The summed E-state index contributed by atoms with van der Waals surface area (Å²) in [6.07, 6.45) is 6.72. The first-order chi connectivity index (χ1) is 3.27. The van der Waals surface area contributed by atoms with Gasteiger partial charge < -0.3 is 5.73 Å². The predicted molar refractivity (Wildman–Crippen MR) is 31.7 cm³/mol. The fourth-order valence-corrected chi connectivity index (χ4v) is 0.311. The molecule has 0 spiro atoms. The first-order valence-electron chi connectivity index (χ1n) is 2.46. The molecule has 0 aliphatic carbocycles. The summed E-state index contributed by atoms with van der Waals surface area (Å²) >= 11 is 0. The first kappa shape index (κ1) is 6.52. The van der Waals surface area contributed by atoms with Crippen LogP contribution in [0, 0.1) is 12.3 Å². The Labute approximate surface area is 44.9 Å². The van der Waals surface area contributed by atoms with Gasteiger partial charge >= 0.3 is 0 Å². The van der Waals surface area contributed by atoms with E-state index in [1.54, 1.807) is 0 Å². The van der Waals surface area contributed by atoms with E-state index in [1.807, 2.05) is 6.92 Å². The zero-order chi connectivity index (χ0) is 5.70. The molecule has 7 heavy (non-hydrogen) atoms. The van der Waals surface area contributed by atoms with E-state index in [2.05, 4.69) is 5.92 Å². The third-order valence-corrected chi connectivity index (χ3v) is 0.744. The van der Waals surface area contributed by atoms with E-state index < -0.39 is 0 Å². The van der Waals surface area contributed by atoms with Gasteiger partial charge in [-0.15, -0.1) is 12.3 Å². The lowest BCUT2D eigenvalue weighted by Crippen LogP contribution is -2.13. The summed E-state index contributed by atoms with van der Waals surface area (Å²) in [7, 11) is 0. The standard InChI is InChI=1S/C6H11N/c1-3-4-5-6(2)7/h1,6H,4-5,7H2,2H3/t6-/m0/s1. The van der Waals surface area contributed by atoms with Crippen LogP contribution in [0.2, 0.25) is 0 Å². The number of hydrogen-bond donors (Lipinski definition) is 1. The maximum Gasteiger partial charge on any atom is 0.0101 e. The monoisotopic (exact) mass is 97.1 g/mol. The van der Waals surface area contributed by atoms with Crippen LogP contribution in [0.3, 0.4) is 0 Å². The highest BCUT2D eigenvalue weighted by molar-refractivity contribution is 4.84. The predicted octanol–water partition coefficient (Wildman–Crippen LogP) is 0.747. The SMILES string of the molecule is C#CCC[C@H](C)N. The van der Waals surface area contributed by atoms with Gasteiger partial charge in [0, 0.05) is 12.5 Å². The molecule has 0 aliphatic heterocycles. The summed E-state index contributed by atoms with van der Waals surface area (Å²) < 4.78 is 0. The van der Waals surface area contributed by atoms with Crippen molar-refractivity contribution in [3.05, 3.63) is 0 Å². The fraction of sp³-hybridized carbons (Fsp3) is 0.667. The Morgan fingerprint density at radius 2 is 2.43 bits per heavy atom. The Balaban J connectivity index is 2.86. The van der Waals surface area contributed by atoms with Crippen LogP contribution >= 0.6 is 0 Å². The van der Waals surface area contributed by atoms with Crippen molar-refractivity contribution in [1.82, 2.24) is 0 Å². The number of nitrogens with two attached hydrogens (primary N) is 1. The van der Waals surface area contributed by atoms with Gasteiger partial charge in [-0.2, -0.15) is 0 Å². The summed E-state index contributed by atoms with van der Waals surface area (Å²) in [5.41, 5.74) is 5.38. The van der Waals surface area contributed by atoms with Gasteiger partial charge in [-0.25, -0.2) is 0 Å². The Morgan fingerprint density at radius 3 is 2.57 bits per heavy atom. The fourth-order valence-electron chi connectivity index (χ4n) is 0.311. The quantitative estimate of drug-likeness (QED) is 0.505. The second kappa shape index (κ2) is 3.70. The molecule has 1 atom stereocenters. The summed E-state index contributed by atoms with van der Waals surface area (Å²) in [6, 6.07) is 0.260. The number of rotatable bonds is 2. The second-order valence-electron chi connectivity index (χ2n) is 1.72. The molecule has 2 N–H and O–H groups in total. The van der Waals surface area contributed by atoms with Crippen LogP contribution in [-0.4, -0.2) is 6.04 Å². The highest BCUT2D eigenvalue weighted by Gasteiger charge is 1.87. The maximum absolute atomic E-state index is 5.38. The molecule has 40 valence electrons. The molecule has 0 rings (SSSR count). The maximum atomic E-state index is 5.38. The minimum absolute atomic E-state index is 0.260. The van der Waals surface area contributed by atoms with Gasteiger partial charge in [-0.3, -0.25) is 0 Å². The van der Waals surface area contributed by atoms with Crippen LogP contribution in [0.15, 0.2) is 0 Å². The van der Waals surface area contributed by atoms with Gasteiger partial charge in [0.05, 0.1) is 0 Å². The van der Waals surface area contributed by atoms with Crippen LogP contribution in [0.4, 0.5) is 0 Å². The Bertz CT molecular complexity index is 68.7. The van der Waals surface area contributed by atoms with E-state index in [9.17, 15) is 0 Å². The van der Waals surface area contributed by atoms with Crippen molar-refractivity contribution >= 4 is 0 Å². The minimum atomic E-state index is 0.260. The summed E-state index contributed by atoms with van der Waals surface area (Å²) in [5, 5.41) is 0. The first-order valence-corrected chi connectivity index (χ1v) is 2.46. The Hall–Kier alpha value is -0.480. The lowest BCUT2D eigenvalue weighted by molar-refractivity contribution is 0.683. The van der Waals surface area contributed by atoms with E-state index in [1.165, 1.54) is 0 Å². The molecule has 1 heteroatoms. The molecular weight excluding hydrogens is 86.1 g/mol. The Kier molecular flexibility index (Phi) is 3.45. The van der Waals surface area contributed by atoms with Gasteiger partial charge in [0.2, 0.25) is 0 Å². The molecule has 0 saturated carbocycles. The third-order valence-electron chi connectivity index (χ3n) is 0.744. The molecule has 0 radical (unpaired) electrons. The molecule has 0 aliphatic rings. The van der Waals surface area contributed by atoms with Gasteiger partial charge in [0.1, 0.15) is 0 Å². The van der Waals surface area contributed by atoms with Crippen molar-refractivity contribution in [3.63, 3.8) is 0 Å². The smallest absolute Gasteiger partial charge is 0.0101 e. The van der Waals surface area contributed by atoms with Crippen molar-refractivity contribution in [2.75, 3.05) is 0 Å². The normalized spacial score (nSPS) is 12.7. The highest BCUT2D eigenvalue weighted by atomic mass is 14.6. The van der Waals surface area contributed by atoms with Crippen molar-refractivity contribution in [1.29, 1.82) is 0 Å². The van der Waals surface area contributed by atoms with E-state index in [4.69, 9.17) is 12.2 Å². The van der Waals surface area contributed by atoms with Gasteiger partial charge in [0.15, 0.2) is 0 Å². The molecule has 0 amide bonds. The van der Waals surface area contributed by atoms with E-state index in [0.717, 1.165) is 12.8 Å². The Morgan fingerprint density at radius 1 is 1.86 bits per heavy atom. The van der Waals surface area contributed by atoms with Crippen LogP contribution < -0.4 is 5.73 Å². The zero-order valence-corrected chi connectivity index (χ0v) is 4.65. The van der Waals surface area contributed by atoms with Crippen LogP contribution in [0.5, 0.6) is 0 Å². The number of terminal acetylenes is 1. The molecule has 1 nitrogen and oxygen atoms in total. The molecule has 0 aromatic carbocycles. The molecule has 0 bridgehead atoms. The molecule has 0 aromatic heterocycles. The molecule has 0 aromatic rings. The second-order valence-corrected chi connectivity index (χ2v) is 1.72. The highest BCUT2D eigenvalue weighted by Crippen LogP contribution is 1.88. The summed E-state index contributed by atoms with van der Waals surface area (Å²) in [6.45, 7) is 1.96. The zero-order valence-electron chi connectivity index (χ0n) is 4.65. The van der Waals surface area contributed by atoms with E-state index in [-0.39, 0.29) is 6.04 Å². The van der Waals surface area contributed by atoms with E-state index >= 15 is 0 Å². The minimum Gasteiger partial charge on any atom is -0.328 e. The largest absolute Gasteiger partial charge is 0.328 e. The average molecular weight is 97.2 g/mol. The van der Waals surface area contributed by atoms with Crippen LogP contribution in [-0.2, 0) is 0 Å². The van der Waals surface area contributed by atoms with E-state index in [0.29, 0.717) is 0 Å². The summed E-state index contributed by atoms with van der Waals surface area (Å²) in [4.78, 5) is 0. The molecular formula is C6H11N. The molecule has 0 unspecified atom stereocenters. The third kappa shape index (κ3) is 5.52.